The third-order valence-corrected chi connectivity index (χ3v) is 9.19. The zero-order chi connectivity index (χ0) is 29.2. The molecule has 2 heteroatoms. The molecule has 0 aliphatic carbocycles. The van der Waals surface area contributed by atoms with Crippen LogP contribution in [0.5, 0.6) is 0 Å². The summed E-state index contributed by atoms with van der Waals surface area (Å²) in [6, 6.07) is 0. The minimum Gasteiger partial charge on any atom is -0.328 e. The number of nitrogens with one attached hydrogen (secondary N) is 1. The molecule has 2 nitrogen and oxygen atoms in total. The standard InChI is InChI=1S/C38H81N2/c1-5-7-9-10-11-12-13-14-15-16-17-18-20-23-26-29-33-37-40(3,4)38-34-30-27-24-21-19-22-25-28-32-36-39-35-31-8-6-2/h39H,5-38H2,1-4H3/q+1. The largest absolute Gasteiger partial charge is 0.328 e. The maximum absolute atomic E-state index is 3.60. The van der Waals surface area contributed by atoms with Gasteiger partial charge in [-0.15, -0.1) is 0 Å². The zero-order valence-corrected chi connectivity index (χ0v) is 29.0. The molecule has 0 fully saturated rings. The number of rotatable bonds is 35. The van der Waals surface area contributed by atoms with Gasteiger partial charge in [0.1, 0.15) is 0 Å². The van der Waals surface area contributed by atoms with Crippen molar-refractivity contribution in [1.82, 2.24) is 5.32 Å². The van der Waals surface area contributed by atoms with Crippen LogP contribution in [0.15, 0.2) is 0 Å². The van der Waals surface area contributed by atoms with Gasteiger partial charge in [-0.25, -0.2) is 0 Å². The molecule has 0 rings (SSSR count). The Labute approximate surface area is 256 Å². The molecule has 0 saturated heterocycles. The summed E-state index contributed by atoms with van der Waals surface area (Å²) in [5.41, 5.74) is 0. The van der Waals surface area contributed by atoms with Crippen LogP contribution in [0.2, 0.25) is 0 Å². The first-order valence-electron chi connectivity index (χ1n) is 19.1. The van der Waals surface area contributed by atoms with Crippen molar-refractivity contribution in [2.24, 2.45) is 0 Å². The Balaban J connectivity index is 3.26. The topological polar surface area (TPSA) is 12.0 Å². The molecule has 40 heavy (non-hydrogen) atoms. The summed E-state index contributed by atoms with van der Waals surface area (Å²) in [5.74, 6) is 0. The van der Waals surface area contributed by atoms with Gasteiger partial charge in [0.25, 0.3) is 0 Å². The molecular formula is C38H81N2+. The number of quaternary nitrogens is 1. The Morgan fingerprint density at radius 3 is 0.850 bits per heavy atom. The molecule has 0 heterocycles. The Morgan fingerprint density at radius 1 is 0.300 bits per heavy atom. The SMILES string of the molecule is CCCCCCCCCCCCCCCCCCC[N+](C)(C)CCCCCCCCCCCCNCCCCC. The molecule has 0 aliphatic heterocycles. The van der Waals surface area contributed by atoms with Crippen molar-refractivity contribution in [2.75, 3.05) is 40.3 Å². The minimum atomic E-state index is 1.23. The van der Waals surface area contributed by atoms with E-state index in [0.717, 1.165) is 0 Å². The van der Waals surface area contributed by atoms with E-state index in [9.17, 15) is 0 Å². The van der Waals surface area contributed by atoms with E-state index < -0.39 is 0 Å². The highest BCUT2D eigenvalue weighted by atomic mass is 15.3. The van der Waals surface area contributed by atoms with Crippen LogP contribution in [0, 0.1) is 0 Å². The predicted molar refractivity (Wildman–Crippen MR) is 185 cm³/mol. The van der Waals surface area contributed by atoms with E-state index >= 15 is 0 Å². The zero-order valence-electron chi connectivity index (χ0n) is 29.0. The quantitative estimate of drug-likeness (QED) is 0.0595. The fourth-order valence-corrected chi connectivity index (χ4v) is 6.21. The molecule has 0 spiro atoms. The molecule has 1 N–H and O–H groups in total. The van der Waals surface area contributed by atoms with Crippen LogP contribution in [0.4, 0.5) is 0 Å². The van der Waals surface area contributed by atoms with E-state index in [1.54, 1.807) is 0 Å². The number of hydrogen-bond acceptors (Lipinski definition) is 1. The lowest BCUT2D eigenvalue weighted by Crippen LogP contribution is -2.41. The highest BCUT2D eigenvalue weighted by molar-refractivity contribution is 4.53. The average molecular weight is 566 g/mol. The lowest BCUT2D eigenvalue weighted by atomic mass is 10.0. The third-order valence-electron chi connectivity index (χ3n) is 9.19. The van der Waals surface area contributed by atoms with Gasteiger partial charge >= 0.3 is 0 Å². The van der Waals surface area contributed by atoms with Crippen LogP contribution < -0.4 is 5.32 Å². The first-order chi connectivity index (χ1) is 19.6. The molecular weight excluding hydrogens is 484 g/mol. The molecule has 0 bridgehead atoms. The van der Waals surface area contributed by atoms with Crippen molar-refractivity contribution in [3.05, 3.63) is 0 Å². The van der Waals surface area contributed by atoms with Gasteiger partial charge in [0.15, 0.2) is 0 Å². The Bertz CT molecular complexity index is 447. The van der Waals surface area contributed by atoms with E-state index in [2.05, 4.69) is 33.3 Å². The molecule has 0 aliphatic rings. The summed E-state index contributed by atoms with van der Waals surface area (Å²) >= 11 is 0. The molecule has 0 radical (unpaired) electrons. The van der Waals surface area contributed by atoms with Gasteiger partial charge in [-0.05, 0) is 51.6 Å². The predicted octanol–water partition coefficient (Wildman–Crippen LogP) is 12.4. The molecule has 0 amide bonds. The second kappa shape index (κ2) is 33.4. The summed E-state index contributed by atoms with van der Waals surface area (Å²) in [4.78, 5) is 0. The fourth-order valence-electron chi connectivity index (χ4n) is 6.21. The normalized spacial score (nSPS) is 12.0. The van der Waals surface area contributed by atoms with Crippen LogP contribution in [-0.4, -0.2) is 44.8 Å². The Kier molecular flexibility index (Phi) is 33.4. The monoisotopic (exact) mass is 566 g/mol. The second-order valence-electron chi connectivity index (χ2n) is 14.0. The lowest BCUT2D eigenvalue weighted by Gasteiger charge is -2.30. The Hall–Kier alpha value is -0.0800. The highest BCUT2D eigenvalue weighted by Crippen LogP contribution is 2.15. The Morgan fingerprint density at radius 2 is 0.525 bits per heavy atom. The summed E-state index contributed by atoms with van der Waals surface area (Å²) < 4.78 is 1.24. The van der Waals surface area contributed by atoms with Crippen molar-refractivity contribution in [1.29, 1.82) is 0 Å². The molecule has 242 valence electrons. The average Bonchev–Trinajstić information content (AvgIpc) is 2.94. The van der Waals surface area contributed by atoms with Gasteiger partial charge < -0.3 is 9.80 Å². The summed E-state index contributed by atoms with van der Waals surface area (Å²) in [7, 11) is 4.93. The molecule has 0 atom stereocenters. The van der Waals surface area contributed by atoms with E-state index in [4.69, 9.17) is 0 Å². The third kappa shape index (κ3) is 34.1. The van der Waals surface area contributed by atoms with Crippen LogP contribution >= 0.6 is 0 Å². The minimum absolute atomic E-state index is 1.23. The number of nitrogens with zero attached hydrogens (tertiary/aromatic N) is 1. The van der Waals surface area contributed by atoms with Gasteiger partial charge in [-0.3, -0.25) is 0 Å². The first kappa shape index (κ1) is 39.9. The maximum atomic E-state index is 3.60. The highest BCUT2D eigenvalue weighted by Gasteiger charge is 2.13. The summed E-state index contributed by atoms with van der Waals surface area (Å²) in [6.45, 7) is 9.81. The van der Waals surface area contributed by atoms with Gasteiger partial charge in [0.05, 0.1) is 27.2 Å². The maximum Gasteiger partial charge on any atom is 0.0782 e. The van der Waals surface area contributed by atoms with Gasteiger partial charge in [-0.2, -0.15) is 0 Å². The van der Waals surface area contributed by atoms with Crippen molar-refractivity contribution in [3.63, 3.8) is 0 Å². The molecule has 0 saturated carbocycles. The van der Waals surface area contributed by atoms with E-state index in [-0.39, 0.29) is 0 Å². The van der Waals surface area contributed by atoms with E-state index in [1.807, 2.05) is 0 Å². The van der Waals surface area contributed by atoms with Gasteiger partial charge in [0.2, 0.25) is 0 Å². The van der Waals surface area contributed by atoms with Crippen LogP contribution in [-0.2, 0) is 0 Å². The van der Waals surface area contributed by atoms with E-state index in [0.29, 0.717) is 0 Å². The number of unbranched alkanes of at least 4 members (excludes halogenated alkanes) is 27. The van der Waals surface area contributed by atoms with Crippen molar-refractivity contribution >= 4 is 0 Å². The van der Waals surface area contributed by atoms with Crippen molar-refractivity contribution in [3.8, 4) is 0 Å². The summed E-state index contributed by atoms with van der Waals surface area (Å²) in [6.07, 6.45) is 43.4. The van der Waals surface area contributed by atoms with Gasteiger partial charge in [-0.1, -0.05) is 168 Å². The molecule has 0 aromatic rings. The van der Waals surface area contributed by atoms with Crippen LogP contribution in [0.3, 0.4) is 0 Å². The van der Waals surface area contributed by atoms with Crippen molar-refractivity contribution in [2.45, 2.75) is 206 Å². The van der Waals surface area contributed by atoms with Crippen LogP contribution in [0.1, 0.15) is 206 Å². The molecule has 0 aromatic carbocycles. The first-order valence-corrected chi connectivity index (χ1v) is 19.1. The smallest absolute Gasteiger partial charge is 0.0782 e. The fraction of sp³-hybridized carbons (Fsp3) is 1.00. The lowest BCUT2D eigenvalue weighted by molar-refractivity contribution is -0.890. The molecule has 0 aromatic heterocycles. The summed E-state index contributed by atoms with van der Waals surface area (Å²) in [5, 5.41) is 3.60. The van der Waals surface area contributed by atoms with E-state index in [1.165, 1.54) is 223 Å². The van der Waals surface area contributed by atoms with Gasteiger partial charge in [0, 0.05) is 0 Å². The number of hydrogen-bond donors (Lipinski definition) is 1. The second-order valence-corrected chi connectivity index (χ2v) is 14.0. The van der Waals surface area contributed by atoms with Crippen molar-refractivity contribution < 1.29 is 4.48 Å². The van der Waals surface area contributed by atoms with Crippen LogP contribution in [0.25, 0.3) is 0 Å². The molecule has 0 unspecified atom stereocenters.